The predicted octanol–water partition coefficient (Wildman–Crippen LogP) is 3.74. The molecule has 2 N–H and O–H groups in total. The van der Waals surface area contributed by atoms with Crippen LogP contribution in [0.25, 0.3) is 0 Å². The van der Waals surface area contributed by atoms with E-state index in [2.05, 4.69) is 13.8 Å². The molecule has 0 spiro atoms. The molecule has 0 aromatic heterocycles. The van der Waals surface area contributed by atoms with Gasteiger partial charge in [0.2, 0.25) is 0 Å². The van der Waals surface area contributed by atoms with Crippen molar-refractivity contribution < 1.29 is 4.74 Å². The third kappa shape index (κ3) is 4.00. The van der Waals surface area contributed by atoms with E-state index in [1.165, 1.54) is 12.8 Å². The van der Waals surface area contributed by atoms with Gasteiger partial charge in [0.15, 0.2) is 0 Å². The maximum atomic E-state index is 5.86. The molecule has 3 heteroatoms. The summed E-state index contributed by atoms with van der Waals surface area (Å²) in [4.78, 5) is 0. The van der Waals surface area contributed by atoms with Crippen molar-refractivity contribution in [2.24, 2.45) is 5.92 Å². The van der Waals surface area contributed by atoms with Crippen LogP contribution in [-0.4, -0.2) is 6.61 Å². The van der Waals surface area contributed by atoms with E-state index in [-0.39, 0.29) is 0 Å². The SMILES string of the molecule is CCCC(C)COc1cc(Cl)ccc1N. The Morgan fingerprint density at radius 1 is 1.47 bits per heavy atom. The summed E-state index contributed by atoms with van der Waals surface area (Å²) in [5, 5.41) is 0.655. The number of halogens is 1. The Bertz CT molecular complexity index is 314. The molecular formula is C12H18ClNO. The Kier molecular flexibility index (Phi) is 4.76. The van der Waals surface area contributed by atoms with Crippen LogP contribution in [-0.2, 0) is 0 Å². The standard InChI is InChI=1S/C12H18ClNO/c1-3-4-9(2)8-15-12-7-10(13)5-6-11(12)14/h5-7,9H,3-4,8,14H2,1-2H3. The highest BCUT2D eigenvalue weighted by Gasteiger charge is 2.05. The third-order valence-corrected chi connectivity index (χ3v) is 2.52. The molecule has 0 amide bonds. The van der Waals surface area contributed by atoms with Crippen LogP contribution in [0.15, 0.2) is 18.2 Å². The molecule has 1 aromatic carbocycles. The molecule has 2 nitrogen and oxygen atoms in total. The first-order valence-corrected chi connectivity index (χ1v) is 5.69. The highest BCUT2D eigenvalue weighted by molar-refractivity contribution is 6.30. The van der Waals surface area contributed by atoms with E-state index >= 15 is 0 Å². The van der Waals surface area contributed by atoms with Crippen LogP contribution in [0.1, 0.15) is 26.7 Å². The second-order valence-corrected chi connectivity index (χ2v) is 4.32. The normalized spacial score (nSPS) is 12.5. The topological polar surface area (TPSA) is 35.2 Å². The lowest BCUT2D eigenvalue weighted by molar-refractivity contribution is 0.253. The van der Waals surface area contributed by atoms with Gasteiger partial charge in [-0.15, -0.1) is 0 Å². The Balaban J connectivity index is 2.53. The van der Waals surface area contributed by atoms with Crippen LogP contribution in [0, 0.1) is 5.92 Å². The van der Waals surface area contributed by atoms with Crippen molar-refractivity contribution in [3.63, 3.8) is 0 Å². The Morgan fingerprint density at radius 3 is 2.87 bits per heavy atom. The van der Waals surface area contributed by atoms with E-state index in [9.17, 15) is 0 Å². The smallest absolute Gasteiger partial charge is 0.143 e. The van der Waals surface area contributed by atoms with Gasteiger partial charge >= 0.3 is 0 Å². The molecule has 0 fully saturated rings. The quantitative estimate of drug-likeness (QED) is 0.778. The molecule has 1 aromatic rings. The van der Waals surface area contributed by atoms with Crippen molar-refractivity contribution in [3.8, 4) is 5.75 Å². The van der Waals surface area contributed by atoms with Crippen molar-refractivity contribution in [1.82, 2.24) is 0 Å². The maximum absolute atomic E-state index is 5.86. The van der Waals surface area contributed by atoms with Gasteiger partial charge in [-0.2, -0.15) is 0 Å². The Hall–Kier alpha value is -0.890. The average molecular weight is 228 g/mol. The van der Waals surface area contributed by atoms with Crippen LogP contribution < -0.4 is 10.5 Å². The molecule has 0 aliphatic heterocycles. The minimum Gasteiger partial charge on any atom is -0.491 e. The van der Waals surface area contributed by atoms with E-state index < -0.39 is 0 Å². The van der Waals surface area contributed by atoms with Gasteiger partial charge < -0.3 is 10.5 Å². The molecule has 0 radical (unpaired) electrons. The fraction of sp³-hybridized carbons (Fsp3) is 0.500. The van der Waals surface area contributed by atoms with Crippen LogP contribution >= 0.6 is 11.6 Å². The zero-order valence-electron chi connectivity index (χ0n) is 9.29. The van der Waals surface area contributed by atoms with Gasteiger partial charge in [0.1, 0.15) is 5.75 Å². The van der Waals surface area contributed by atoms with Crippen LogP contribution in [0.5, 0.6) is 5.75 Å². The van der Waals surface area contributed by atoms with Gasteiger partial charge in [-0.3, -0.25) is 0 Å². The van der Waals surface area contributed by atoms with Crippen molar-refractivity contribution in [1.29, 1.82) is 0 Å². The fourth-order valence-corrected chi connectivity index (χ4v) is 1.60. The van der Waals surface area contributed by atoms with Crippen molar-refractivity contribution >= 4 is 17.3 Å². The molecule has 0 heterocycles. The summed E-state index contributed by atoms with van der Waals surface area (Å²) >= 11 is 5.86. The first-order valence-electron chi connectivity index (χ1n) is 5.31. The number of nitrogens with two attached hydrogens (primary N) is 1. The third-order valence-electron chi connectivity index (χ3n) is 2.28. The summed E-state index contributed by atoms with van der Waals surface area (Å²) in [5.41, 5.74) is 6.41. The summed E-state index contributed by atoms with van der Waals surface area (Å²) < 4.78 is 5.62. The fourth-order valence-electron chi connectivity index (χ4n) is 1.44. The minimum absolute atomic E-state index is 0.549. The molecule has 1 rings (SSSR count). The molecule has 0 saturated heterocycles. The van der Waals surface area contributed by atoms with E-state index in [0.29, 0.717) is 29.0 Å². The van der Waals surface area contributed by atoms with Gasteiger partial charge in [-0.1, -0.05) is 31.9 Å². The maximum Gasteiger partial charge on any atom is 0.143 e. The van der Waals surface area contributed by atoms with E-state index in [0.717, 1.165) is 0 Å². The predicted molar refractivity (Wildman–Crippen MR) is 65.4 cm³/mol. The summed E-state index contributed by atoms with van der Waals surface area (Å²) in [6.45, 7) is 5.03. The van der Waals surface area contributed by atoms with E-state index in [4.69, 9.17) is 22.1 Å². The van der Waals surface area contributed by atoms with Crippen molar-refractivity contribution in [2.45, 2.75) is 26.7 Å². The van der Waals surface area contributed by atoms with Gasteiger partial charge in [0.05, 0.1) is 12.3 Å². The number of rotatable bonds is 5. The highest BCUT2D eigenvalue weighted by Crippen LogP contribution is 2.25. The summed E-state index contributed by atoms with van der Waals surface area (Å²) in [7, 11) is 0. The number of hydrogen-bond acceptors (Lipinski definition) is 2. The number of nitrogen functional groups attached to an aromatic ring is 1. The monoisotopic (exact) mass is 227 g/mol. The number of hydrogen-bond donors (Lipinski definition) is 1. The molecule has 15 heavy (non-hydrogen) atoms. The van der Waals surface area contributed by atoms with Crippen molar-refractivity contribution in [2.75, 3.05) is 12.3 Å². The lowest BCUT2D eigenvalue weighted by Gasteiger charge is -2.13. The van der Waals surface area contributed by atoms with Gasteiger partial charge in [-0.05, 0) is 24.5 Å². The molecule has 0 aliphatic rings. The lowest BCUT2D eigenvalue weighted by Crippen LogP contribution is -2.09. The molecule has 1 atom stereocenters. The molecule has 0 bridgehead atoms. The minimum atomic E-state index is 0.549. The Morgan fingerprint density at radius 2 is 2.20 bits per heavy atom. The molecule has 0 saturated carbocycles. The second kappa shape index (κ2) is 5.86. The zero-order chi connectivity index (χ0) is 11.3. The number of anilines is 1. The second-order valence-electron chi connectivity index (χ2n) is 3.89. The largest absolute Gasteiger partial charge is 0.491 e. The molecular weight excluding hydrogens is 210 g/mol. The van der Waals surface area contributed by atoms with E-state index in [1.807, 2.05) is 0 Å². The van der Waals surface area contributed by atoms with E-state index in [1.54, 1.807) is 18.2 Å². The average Bonchev–Trinajstić information content (AvgIpc) is 2.20. The van der Waals surface area contributed by atoms with Crippen molar-refractivity contribution in [3.05, 3.63) is 23.2 Å². The molecule has 0 aliphatic carbocycles. The summed E-state index contributed by atoms with van der Waals surface area (Å²) in [5.74, 6) is 1.24. The van der Waals surface area contributed by atoms with Gasteiger partial charge in [-0.25, -0.2) is 0 Å². The summed E-state index contributed by atoms with van der Waals surface area (Å²) in [6.07, 6.45) is 2.34. The first kappa shape index (κ1) is 12.2. The van der Waals surface area contributed by atoms with Crippen LogP contribution in [0.3, 0.4) is 0 Å². The zero-order valence-corrected chi connectivity index (χ0v) is 10.1. The molecule has 84 valence electrons. The first-order chi connectivity index (χ1) is 7.13. The summed E-state index contributed by atoms with van der Waals surface area (Å²) in [6, 6.07) is 5.29. The lowest BCUT2D eigenvalue weighted by atomic mass is 10.1. The van der Waals surface area contributed by atoms with Crippen LogP contribution in [0.2, 0.25) is 5.02 Å². The van der Waals surface area contributed by atoms with Gasteiger partial charge in [0.25, 0.3) is 0 Å². The number of benzene rings is 1. The molecule has 1 unspecified atom stereocenters. The number of ether oxygens (including phenoxy) is 1. The Labute approximate surface area is 96.4 Å². The van der Waals surface area contributed by atoms with Crippen LogP contribution in [0.4, 0.5) is 5.69 Å². The van der Waals surface area contributed by atoms with Gasteiger partial charge in [0, 0.05) is 11.1 Å². The highest BCUT2D eigenvalue weighted by atomic mass is 35.5.